The Bertz CT molecular complexity index is 938. The molecule has 33 heavy (non-hydrogen) atoms. The molecule has 7 nitrogen and oxygen atoms in total. The molecule has 1 spiro atoms. The first-order valence-electron chi connectivity index (χ1n) is 10.9. The molecule has 2 fully saturated rings. The van der Waals surface area contributed by atoms with Crippen molar-refractivity contribution in [2.45, 2.75) is 45.3 Å². The number of aliphatic carboxylic acids is 1. The SMILES string of the molecule is Cc1occc1C(=O)N1CCC2(CCCN(Cc3ccccn3)C2)CC1.O=C(O)C(F)(F)F. The third-order valence-electron chi connectivity index (χ3n) is 6.30. The number of aryl methyl sites for hydroxylation is 1. The maximum atomic E-state index is 12.7. The smallest absolute Gasteiger partial charge is 0.475 e. The summed E-state index contributed by atoms with van der Waals surface area (Å²) in [4.78, 5) is 30.6. The Morgan fingerprint density at radius 3 is 2.39 bits per heavy atom. The fourth-order valence-corrected chi connectivity index (χ4v) is 4.54. The number of alkyl halides is 3. The number of amides is 1. The number of rotatable bonds is 3. The second-order valence-electron chi connectivity index (χ2n) is 8.62. The van der Waals surface area contributed by atoms with Crippen molar-refractivity contribution in [2.75, 3.05) is 26.2 Å². The summed E-state index contributed by atoms with van der Waals surface area (Å²) in [5, 5.41) is 7.12. The highest BCUT2D eigenvalue weighted by Crippen LogP contribution is 2.40. The number of carboxylic acid groups (broad SMARTS) is 1. The molecule has 1 N–H and O–H groups in total. The van der Waals surface area contributed by atoms with Gasteiger partial charge < -0.3 is 14.4 Å². The molecule has 0 aliphatic carbocycles. The van der Waals surface area contributed by atoms with Crippen LogP contribution in [-0.2, 0) is 11.3 Å². The van der Waals surface area contributed by atoms with E-state index in [4.69, 9.17) is 14.3 Å². The van der Waals surface area contributed by atoms with E-state index in [-0.39, 0.29) is 5.91 Å². The first kappa shape index (κ1) is 24.8. The third kappa shape index (κ3) is 6.56. The Morgan fingerprint density at radius 1 is 1.15 bits per heavy atom. The van der Waals surface area contributed by atoms with Crippen molar-refractivity contribution in [1.29, 1.82) is 0 Å². The topological polar surface area (TPSA) is 86.9 Å². The van der Waals surface area contributed by atoms with Crippen LogP contribution in [-0.4, -0.2) is 64.1 Å². The summed E-state index contributed by atoms with van der Waals surface area (Å²) in [6.45, 7) is 6.75. The van der Waals surface area contributed by atoms with Gasteiger partial charge in [0.25, 0.3) is 5.91 Å². The van der Waals surface area contributed by atoms with Crippen molar-refractivity contribution in [3.05, 3.63) is 53.7 Å². The highest BCUT2D eigenvalue weighted by Gasteiger charge is 2.40. The van der Waals surface area contributed by atoms with Gasteiger partial charge in [-0.1, -0.05) is 6.07 Å². The van der Waals surface area contributed by atoms with E-state index in [1.807, 2.05) is 24.1 Å². The quantitative estimate of drug-likeness (QED) is 0.730. The zero-order valence-corrected chi connectivity index (χ0v) is 18.5. The van der Waals surface area contributed by atoms with Crippen molar-refractivity contribution in [3.8, 4) is 0 Å². The van der Waals surface area contributed by atoms with Crippen LogP contribution in [0, 0.1) is 12.3 Å². The van der Waals surface area contributed by atoms with Crippen LogP contribution in [0.5, 0.6) is 0 Å². The molecule has 4 heterocycles. The van der Waals surface area contributed by atoms with Gasteiger partial charge in [-0.3, -0.25) is 14.7 Å². The van der Waals surface area contributed by atoms with E-state index in [9.17, 15) is 18.0 Å². The second kappa shape index (κ2) is 10.4. The number of furan rings is 1. The van der Waals surface area contributed by atoms with Crippen LogP contribution < -0.4 is 0 Å². The molecule has 0 bridgehead atoms. The number of likely N-dealkylation sites (tertiary alicyclic amines) is 2. The van der Waals surface area contributed by atoms with E-state index in [0.717, 1.165) is 57.0 Å². The molecule has 2 saturated heterocycles. The monoisotopic (exact) mass is 467 g/mol. The number of carboxylic acids is 1. The summed E-state index contributed by atoms with van der Waals surface area (Å²) in [5.74, 6) is -1.92. The van der Waals surface area contributed by atoms with Crippen molar-refractivity contribution in [3.63, 3.8) is 0 Å². The van der Waals surface area contributed by atoms with Gasteiger partial charge in [-0.2, -0.15) is 13.2 Å². The van der Waals surface area contributed by atoms with Gasteiger partial charge in [-0.25, -0.2) is 4.79 Å². The number of carbonyl (C=O) groups excluding carboxylic acids is 1. The van der Waals surface area contributed by atoms with E-state index in [0.29, 0.717) is 11.0 Å². The van der Waals surface area contributed by atoms with E-state index in [2.05, 4.69) is 22.0 Å². The van der Waals surface area contributed by atoms with Crippen molar-refractivity contribution >= 4 is 11.9 Å². The molecule has 2 aromatic rings. The normalized spacial score (nSPS) is 18.5. The number of hydrogen-bond acceptors (Lipinski definition) is 5. The van der Waals surface area contributed by atoms with Gasteiger partial charge in [0.05, 0.1) is 17.5 Å². The molecule has 0 aromatic carbocycles. The molecule has 0 saturated carbocycles. The Balaban J connectivity index is 0.000000383. The Kier molecular flexibility index (Phi) is 7.78. The number of piperidine rings is 2. The number of aromatic nitrogens is 1. The largest absolute Gasteiger partial charge is 0.490 e. The van der Waals surface area contributed by atoms with Crippen LogP contribution in [0.1, 0.15) is 47.5 Å². The minimum atomic E-state index is -5.08. The summed E-state index contributed by atoms with van der Waals surface area (Å²) in [5.41, 5.74) is 2.21. The molecule has 1 amide bonds. The van der Waals surface area contributed by atoms with E-state index in [1.54, 1.807) is 12.3 Å². The molecule has 0 atom stereocenters. The first-order chi connectivity index (χ1) is 15.6. The highest BCUT2D eigenvalue weighted by molar-refractivity contribution is 5.95. The lowest BCUT2D eigenvalue weighted by Crippen LogP contribution is -2.50. The van der Waals surface area contributed by atoms with Crippen LogP contribution in [0.15, 0.2) is 41.1 Å². The van der Waals surface area contributed by atoms with Gasteiger partial charge >= 0.3 is 12.1 Å². The minimum Gasteiger partial charge on any atom is -0.475 e. The Labute approximate surface area is 190 Å². The molecular formula is C23H28F3N3O4. The fraction of sp³-hybridized carbons (Fsp3) is 0.522. The van der Waals surface area contributed by atoms with Gasteiger partial charge in [0, 0.05) is 32.4 Å². The molecule has 0 unspecified atom stereocenters. The molecular weight excluding hydrogens is 439 g/mol. The number of hydrogen-bond donors (Lipinski definition) is 1. The number of pyridine rings is 1. The lowest BCUT2D eigenvalue weighted by Gasteiger charge is -2.47. The van der Waals surface area contributed by atoms with Crippen molar-refractivity contribution in [2.24, 2.45) is 5.41 Å². The molecule has 10 heteroatoms. The van der Waals surface area contributed by atoms with E-state index < -0.39 is 12.1 Å². The highest BCUT2D eigenvalue weighted by atomic mass is 19.4. The molecule has 0 radical (unpaired) electrons. The van der Waals surface area contributed by atoms with Gasteiger partial charge in [0.1, 0.15) is 5.76 Å². The van der Waals surface area contributed by atoms with Crippen LogP contribution in [0.4, 0.5) is 13.2 Å². The fourth-order valence-electron chi connectivity index (χ4n) is 4.54. The van der Waals surface area contributed by atoms with Gasteiger partial charge in [0.15, 0.2) is 0 Å². The summed E-state index contributed by atoms with van der Waals surface area (Å²) in [6, 6.07) is 7.92. The summed E-state index contributed by atoms with van der Waals surface area (Å²) >= 11 is 0. The summed E-state index contributed by atoms with van der Waals surface area (Å²) in [6.07, 6.45) is 3.09. The zero-order chi connectivity index (χ0) is 24.1. The molecule has 2 aliphatic heterocycles. The Hall–Kier alpha value is -2.88. The van der Waals surface area contributed by atoms with Gasteiger partial charge in [0.2, 0.25) is 0 Å². The summed E-state index contributed by atoms with van der Waals surface area (Å²) in [7, 11) is 0. The predicted molar refractivity (Wildman–Crippen MR) is 113 cm³/mol. The van der Waals surface area contributed by atoms with Gasteiger partial charge in [-0.05, 0) is 62.8 Å². The molecule has 180 valence electrons. The van der Waals surface area contributed by atoms with Crippen LogP contribution in [0.2, 0.25) is 0 Å². The maximum absolute atomic E-state index is 12.7. The minimum absolute atomic E-state index is 0.118. The average molecular weight is 467 g/mol. The van der Waals surface area contributed by atoms with Crippen LogP contribution in [0.3, 0.4) is 0 Å². The van der Waals surface area contributed by atoms with Crippen LogP contribution in [0.25, 0.3) is 0 Å². The van der Waals surface area contributed by atoms with Gasteiger partial charge in [-0.15, -0.1) is 0 Å². The number of nitrogens with zero attached hydrogens (tertiary/aromatic N) is 3. The zero-order valence-electron chi connectivity index (χ0n) is 18.5. The lowest BCUT2D eigenvalue weighted by atomic mass is 9.72. The van der Waals surface area contributed by atoms with E-state index >= 15 is 0 Å². The van der Waals surface area contributed by atoms with E-state index in [1.165, 1.54) is 12.8 Å². The lowest BCUT2D eigenvalue weighted by molar-refractivity contribution is -0.192. The van der Waals surface area contributed by atoms with Crippen molar-refractivity contribution in [1.82, 2.24) is 14.8 Å². The summed E-state index contributed by atoms with van der Waals surface area (Å²) < 4.78 is 37.0. The number of carbonyl (C=O) groups is 2. The second-order valence-corrected chi connectivity index (χ2v) is 8.62. The predicted octanol–water partition coefficient (Wildman–Crippen LogP) is 4.13. The number of halogens is 3. The Morgan fingerprint density at radius 2 is 1.85 bits per heavy atom. The standard InChI is InChI=1S/C21H27N3O2.C2HF3O2/c1-17-19(6-14-26-17)20(25)24-12-8-21(9-13-24)7-4-11-23(16-21)15-18-5-2-3-10-22-18;3-2(4,5)1(6)7/h2-3,5-6,10,14H,4,7-9,11-13,15-16H2,1H3;(H,6,7). The van der Waals surface area contributed by atoms with Crippen LogP contribution >= 0.6 is 0 Å². The van der Waals surface area contributed by atoms with Crippen molar-refractivity contribution < 1.29 is 32.3 Å². The average Bonchev–Trinajstić information content (AvgIpc) is 3.20. The maximum Gasteiger partial charge on any atom is 0.490 e. The first-order valence-corrected chi connectivity index (χ1v) is 10.9. The molecule has 2 aromatic heterocycles. The molecule has 2 aliphatic rings. The molecule has 4 rings (SSSR count). The third-order valence-corrected chi connectivity index (χ3v) is 6.30.